The fraction of sp³-hybridized carbons (Fsp3) is 0.833. The molecule has 1 saturated heterocycles. The van der Waals surface area contributed by atoms with E-state index in [1.54, 1.807) is 0 Å². The van der Waals surface area contributed by atoms with Gasteiger partial charge in [0.05, 0.1) is 6.42 Å². The molecule has 0 spiro atoms. The lowest BCUT2D eigenvalue weighted by Gasteiger charge is -2.39. The molecule has 2 aliphatic heterocycles. The Bertz CT molecular complexity index is 1360. The maximum atomic E-state index is 11.9. The molecule has 4 aliphatic carbocycles. The van der Waals surface area contributed by atoms with Gasteiger partial charge in [0.25, 0.3) is 0 Å². The monoisotopic (exact) mass is 735 g/mol. The van der Waals surface area contributed by atoms with Crippen LogP contribution in [0.25, 0.3) is 0 Å². The van der Waals surface area contributed by atoms with E-state index in [4.69, 9.17) is 14.3 Å². The average Bonchev–Trinajstić information content (AvgIpc) is 3.54. The van der Waals surface area contributed by atoms with Gasteiger partial charge in [0.15, 0.2) is 12.1 Å². The van der Waals surface area contributed by atoms with Crippen molar-refractivity contribution in [2.75, 3.05) is 13.1 Å². The summed E-state index contributed by atoms with van der Waals surface area (Å²) in [7, 11) is 0. The molecular weight excluding hydrogens is 680 g/mol. The highest BCUT2D eigenvalue weighted by Gasteiger charge is 2.54. The first-order valence-electron chi connectivity index (χ1n) is 19.0. The predicted molar refractivity (Wildman–Crippen MR) is 189 cm³/mol. The highest BCUT2D eigenvalue weighted by atomic mass is 32.2. The van der Waals surface area contributed by atoms with Gasteiger partial charge in [-0.3, -0.25) is 25.0 Å². The van der Waals surface area contributed by atoms with E-state index >= 15 is 0 Å². The SMILES string of the molecule is CC1(C)/C(=C\C=C\C2=[N+](CC3CCC(CC(=O)O)CC3)C3CCCCC3O2)N(CC2CC([N+](=O)[O-])CC([N+](=O)[O-])C2)C2CCC(SOOO)CC21. The molecule has 51 heavy (non-hydrogen) atoms. The second-order valence-electron chi connectivity index (χ2n) is 16.6. The number of likely N-dealkylation sites (tertiary alicyclic amines) is 1. The molecule has 6 rings (SSSR count). The molecule has 7 atom stereocenters. The van der Waals surface area contributed by atoms with Crippen molar-refractivity contribution in [2.24, 2.45) is 29.1 Å². The lowest BCUT2D eigenvalue weighted by molar-refractivity contribution is -0.570. The van der Waals surface area contributed by atoms with Gasteiger partial charge in [-0.15, -0.1) is 4.33 Å². The van der Waals surface area contributed by atoms with Crippen molar-refractivity contribution >= 4 is 23.9 Å². The van der Waals surface area contributed by atoms with Crippen molar-refractivity contribution in [2.45, 2.75) is 146 Å². The molecule has 2 heterocycles. The number of hydrogen-bond acceptors (Lipinski definition) is 11. The summed E-state index contributed by atoms with van der Waals surface area (Å²) in [5.74, 6) is 1.00. The lowest BCUT2D eigenvalue weighted by atomic mass is 9.70. The number of hydrogen-bond donors (Lipinski definition) is 2. The molecule has 14 nitrogen and oxygen atoms in total. The van der Waals surface area contributed by atoms with Crippen LogP contribution in [0.1, 0.15) is 110 Å². The van der Waals surface area contributed by atoms with E-state index in [1.165, 1.54) is 6.42 Å². The number of allylic oxidation sites excluding steroid dienone is 3. The van der Waals surface area contributed by atoms with Crippen LogP contribution in [-0.2, 0) is 18.9 Å². The van der Waals surface area contributed by atoms with E-state index in [0.717, 1.165) is 94.4 Å². The van der Waals surface area contributed by atoms with E-state index in [2.05, 4.69) is 46.6 Å². The van der Waals surface area contributed by atoms with Gasteiger partial charge in [-0.1, -0.05) is 25.0 Å². The van der Waals surface area contributed by atoms with Crippen LogP contribution >= 0.6 is 12.0 Å². The minimum Gasteiger partial charge on any atom is -0.481 e. The fourth-order valence-corrected chi connectivity index (χ4v) is 11.2. The zero-order chi connectivity index (χ0) is 36.3. The molecule has 0 radical (unpaired) electrons. The van der Waals surface area contributed by atoms with E-state index < -0.39 is 18.1 Å². The normalized spacial score (nSPS) is 37.3. The van der Waals surface area contributed by atoms with Gasteiger partial charge in [-0.2, -0.15) is 4.58 Å². The number of nitro groups is 2. The summed E-state index contributed by atoms with van der Waals surface area (Å²) < 4.78 is 13.9. The summed E-state index contributed by atoms with van der Waals surface area (Å²) in [6.45, 7) is 5.92. The van der Waals surface area contributed by atoms with Crippen molar-refractivity contribution in [1.29, 1.82) is 0 Å². The Morgan fingerprint density at radius 1 is 0.980 bits per heavy atom. The van der Waals surface area contributed by atoms with Crippen LogP contribution in [-0.4, -0.2) is 90.2 Å². The summed E-state index contributed by atoms with van der Waals surface area (Å²) in [6.07, 6.45) is 18.4. The summed E-state index contributed by atoms with van der Waals surface area (Å²) in [5.41, 5.74) is 0.858. The Labute approximate surface area is 304 Å². The van der Waals surface area contributed by atoms with Gasteiger partial charge >= 0.3 is 11.9 Å². The van der Waals surface area contributed by atoms with Gasteiger partial charge in [0.1, 0.15) is 6.54 Å². The quantitative estimate of drug-likeness (QED) is 0.0691. The predicted octanol–water partition coefficient (Wildman–Crippen LogP) is 6.50. The zero-order valence-corrected chi connectivity index (χ0v) is 30.7. The van der Waals surface area contributed by atoms with Gasteiger partial charge in [-0.05, 0) is 88.0 Å². The van der Waals surface area contributed by atoms with Crippen LogP contribution in [0, 0.1) is 49.3 Å². The summed E-state index contributed by atoms with van der Waals surface area (Å²) >= 11 is 1.13. The first-order valence-corrected chi connectivity index (χ1v) is 19.8. The van der Waals surface area contributed by atoms with Crippen LogP contribution in [0.2, 0.25) is 0 Å². The molecular formula is C36H55N4O10S+. The molecule has 0 aromatic carbocycles. The smallest absolute Gasteiger partial charge is 0.363 e. The largest absolute Gasteiger partial charge is 0.481 e. The third-order valence-electron chi connectivity index (χ3n) is 13.1. The third-order valence-corrected chi connectivity index (χ3v) is 13.9. The van der Waals surface area contributed by atoms with E-state index in [0.29, 0.717) is 31.3 Å². The number of aliphatic carboxylic acids is 1. The maximum absolute atomic E-state index is 11.9. The standard InChI is InChI=1S/C36H54N4O10S/c1-36(2)29-20-28(51-50-49-47)14-15-30(29)37(22-25-16-26(39(43)44)19-27(17-25)40(45)46)33(36)8-5-9-34-38(31-6-3-4-7-32(31)48-34)21-24-12-10-23(11-13-24)18-35(41)42/h5,8-9,23-32H,3-4,6-7,10-22H2,1-2H3,(H-,41,42,47)/p+1. The van der Waals surface area contributed by atoms with Crippen LogP contribution < -0.4 is 0 Å². The lowest BCUT2D eigenvalue weighted by Crippen LogP contribution is -2.44. The van der Waals surface area contributed by atoms with Crippen LogP contribution in [0.4, 0.5) is 0 Å². The Balaban J connectivity index is 1.26. The van der Waals surface area contributed by atoms with Gasteiger partial charge in [0, 0.05) is 88.5 Å². The van der Waals surface area contributed by atoms with Gasteiger partial charge in [-0.25, -0.2) is 5.26 Å². The van der Waals surface area contributed by atoms with Gasteiger partial charge in [0.2, 0.25) is 12.1 Å². The Hall–Kier alpha value is -2.75. The molecule has 15 heteroatoms. The van der Waals surface area contributed by atoms with Crippen LogP contribution in [0.15, 0.2) is 23.9 Å². The molecule has 4 saturated carbocycles. The number of carboxylic acids is 1. The minimum atomic E-state index is -0.918. The summed E-state index contributed by atoms with van der Waals surface area (Å²) in [5, 5.41) is 45.8. The van der Waals surface area contributed by atoms with Crippen molar-refractivity contribution in [3.8, 4) is 0 Å². The molecule has 284 valence electrons. The molecule has 5 fully saturated rings. The minimum absolute atomic E-state index is 0.0216. The second kappa shape index (κ2) is 16.5. The van der Waals surface area contributed by atoms with E-state index in [-0.39, 0.29) is 63.3 Å². The van der Waals surface area contributed by atoms with Crippen molar-refractivity contribution in [3.05, 3.63) is 44.2 Å². The van der Waals surface area contributed by atoms with E-state index in [9.17, 15) is 30.1 Å². The molecule has 0 aromatic heterocycles. The van der Waals surface area contributed by atoms with Crippen molar-refractivity contribution < 1.29 is 43.7 Å². The average molecular weight is 736 g/mol. The second-order valence-corrected chi connectivity index (χ2v) is 17.6. The maximum Gasteiger partial charge on any atom is 0.363 e. The molecule has 0 bridgehead atoms. The molecule has 6 aliphatic rings. The highest BCUT2D eigenvalue weighted by molar-refractivity contribution is 7.95. The number of carbonyl (C=O) groups is 1. The number of fused-ring (bicyclic) bond motifs is 2. The van der Waals surface area contributed by atoms with Gasteiger partial charge < -0.3 is 14.7 Å². The van der Waals surface area contributed by atoms with Crippen LogP contribution in [0.5, 0.6) is 0 Å². The number of nitrogens with zero attached hydrogens (tertiary/aromatic N) is 4. The first kappa shape index (κ1) is 38.0. The molecule has 2 N–H and O–H groups in total. The third kappa shape index (κ3) is 8.73. The van der Waals surface area contributed by atoms with Crippen molar-refractivity contribution in [1.82, 2.24) is 4.90 Å². The molecule has 0 aromatic rings. The topological polar surface area (TPSA) is 178 Å². The zero-order valence-electron chi connectivity index (χ0n) is 29.9. The number of carboxylic acid groups (broad SMARTS) is 1. The van der Waals surface area contributed by atoms with Crippen LogP contribution in [0.3, 0.4) is 0 Å². The Kier molecular flexibility index (Phi) is 12.3. The van der Waals surface area contributed by atoms with Crippen molar-refractivity contribution in [3.63, 3.8) is 0 Å². The number of rotatable bonds is 13. The fourth-order valence-electron chi connectivity index (χ4n) is 10.5. The Morgan fingerprint density at radius 2 is 1.67 bits per heavy atom. The first-order chi connectivity index (χ1) is 24.4. The van der Waals surface area contributed by atoms with E-state index in [1.807, 2.05) is 0 Å². The highest BCUT2D eigenvalue weighted by Crippen LogP contribution is 2.55. The summed E-state index contributed by atoms with van der Waals surface area (Å²) in [4.78, 5) is 36.7. The summed E-state index contributed by atoms with van der Waals surface area (Å²) in [6, 6.07) is -1.32. The molecule has 7 unspecified atom stereocenters. The number of ether oxygens (including phenoxy) is 1. The Morgan fingerprint density at radius 3 is 2.33 bits per heavy atom. The molecule has 0 amide bonds.